The minimum Gasteiger partial charge on any atom is -0.507 e. The van der Waals surface area contributed by atoms with E-state index >= 15 is 0 Å². The van der Waals surface area contributed by atoms with Crippen molar-refractivity contribution in [3.05, 3.63) is 83.4 Å². The molecule has 0 aliphatic carbocycles. The molecule has 0 spiro atoms. The number of methoxy groups -OCH3 is 3. The van der Waals surface area contributed by atoms with Crippen LogP contribution in [0.1, 0.15) is 21.5 Å². The van der Waals surface area contributed by atoms with Crippen LogP contribution in [-0.4, -0.2) is 32.2 Å². The van der Waals surface area contributed by atoms with E-state index in [9.17, 15) is 9.90 Å². The highest BCUT2D eigenvalue weighted by Gasteiger charge is 2.26. The number of hydrogen-bond acceptors (Lipinski definition) is 6. The van der Waals surface area contributed by atoms with Gasteiger partial charge in [0.15, 0.2) is 17.3 Å². The Morgan fingerprint density at radius 3 is 2.19 bits per heavy atom. The quantitative estimate of drug-likeness (QED) is 0.452. The highest BCUT2D eigenvalue weighted by molar-refractivity contribution is 6.06. The monoisotopic (exact) mass is 420 g/mol. The molecule has 2 bridgehead atoms. The fourth-order valence-electron chi connectivity index (χ4n) is 3.04. The minimum atomic E-state index is -0.0125. The maximum Gasteiger partial charge on any atom is 0.204 e. The zero-order valence-corrected chi connectivity index (χ0v) is 17.6. The topological polar surface area (TPSA) is 74.2 Å². The maximum absolute atomic E-state index is 11.9. The Morgan fingerprint density at radius 2 is 1.61 bits per heavy atom. The van der Waals surface area contributed by atoms with Crippen LogP contribution in [0.3, 0.4) is 0 Å². The van der Waals surface area contributed by atoms with E-state index in [4.69, 9.17) is 18.9 Å². The molecule has 0 saturated heterocycles. The Morgan fingerprint density at radius 1 is 0.935 bits per heavy atom. The molecule has 0 atom stereocenters. The van der Waals surface area contributed by atoms with Crippen LogP contribution in [0.15, 0.2) is 66.7 Å². The predicted octanol–water partition coefficient (Wildman–Crippen LogP) is 4.89. The Kier molecular flexibility index (Phi) is 7.17. The summed E-state index contributed by atoms with van der Waals surface area (Å²) in [5.74, 6) is 2.55. The van der Waals surface area contributed by atoms with Crippen LogP contribution < -0.4 is 18.9 Å². The third-order valence-corrected chi connectivity index (χ3v) is 4.66. The zero-order valence-electron chi connectivity index (χ0n) is 17.6. The van der Waals surface area contributed by atoms with Crippen molar-refractivity contribution in [1.29, 1.82) is 0 Å². The number of hydrogen-bond donors (Lipinski definition) is 1. The molecule has 160 valence electrons. The smallest absolute Gasteiger partial charge is 0.204 e. The van der Waals surface area contributed by atoms with Crippen LogP contribution in [0, 0.1) is 0 Å². The van der Waals surface area contributed by atoms with Crippen molar-refractivity contribution in [3.63, 3.8) is 0 Å². The second-order valence-electron chi connectivity index (χ2n) is 6.56. The van der Waals surface area contributed by atoms with Gasteiger partial charge in [-0.2, -0.15) is 0 Å². The molecule has 0 amide bonds. The molecule has 2 aliphatic heterocycles. The summed E-state index contributed by atoms with van der Waals surface area (Å²) >= 11 is 0. The van der Waals surface area contributed by atoms with Crippen LogP contribution in [0.4, 0.5) is 0 Å². The molecule has 0 unspecified atom stereocenters. The van der Waals surface area contributed by atoms with Gasteiger partial charge in [0.1, 0.15) is 18.1 Å². The summed E-state index contributed by atoms with van der Waals surface area (Å²) in [5.41, 5.74) is 2.30. The van der Waals surface area contributed by atoms with Crippen molar-refractivity contribution in [2.45, 2.75) is 6.61 Å². The summed E-state index contributed by atoms with van der Waals surface area (Å²) < 4.78 is 20.5. The van der Waals surface area contributed by atoms with E-state index in [0.29, 0.717) is 35.0 Å². The summed E-state index contributed by atoms with van der Waals surface area (Å²) in [5, 5.41) is 9.47. The van der Waals surface area contributed by atoms with Gasteiger partial charge in [-0.05, 0) is 35.9 Å². The lowest BCUT2D eigenvalue weighted by Gasteiger charge is -2.23. The van der Waals surface area contributed by atoms with Gasteiger partial charge in [0.05, 0.1) is 26.9 Å². The first kappa shape index (κ1) is 21.8. The SMILES string of the molecule is COc1c2cc(O)c(c1OC)CO2.COc1ccc(C(=O)/C=C/c2ccccc2)cc1. The van der Waals surface area contributed by atoms with Gasteiger partial charge in [0.25, 0.3) is 0 Å². The summed E-state index contributed by atoms with van der Waals surface area (Å²) in [6.07, 6.45) is 3.39. The lowest BCUT2D eigenvalue weighted by atomic mass is 10.1. The highest BCUT2D eigenvalue weighted by Crippen LogP contribution is 2.48. The Labute approximate surface area is 181 Å². The van der Waals surface area contributed by atoms with Crippen LogP contribution in [0.2, 0.25) is 0 Å². The van der Waals surface area contributed by atoms with Gasteiger partial charge in [-0.25, -0.2) is 0 Å². The van der Waals surface area contributed by atoms with Crippen molar-refractivity contribution in [1.82, 2.24) is 0 Å². The highest BCUT2D eigenvalue weighted by atomic mass is 16.5. The number of carbonyl (C=O) groups is 1. The molecule has 0 fully saturated rings. The van der Waals surface area contributed by atoms with Crippen molar-refractivity contribution >= 4 is 11.9 Å². The number of allylic oxidation sites excluding steroid dienone is 1. The average Bonchev–Trinajstić information content (AvgIpc) is 2.83. The van der Waals surface area contributed by atoms with Gasteiger partial charge in [0, 0.05) is 11.6 Å². The van der Waals surface area contributed by atoms with Crippen LogP contribution in [0.5, 0.6) is 28.7 Å². The first-order valence-electron chi connectivity index (χ1n) is 9.58. The number of ether oxygens (including phenoxy) is 4. The second-order valence-corrected chi connectivity index (χ2v) is 6.56. The van der Waals surface area contributed by atoms with Gasteiger partial charge in [-0.1, -0.05) is 36.4 Å². The summed E-state index contributed by atoms with van der Waals surface area (Å²) in [6.45, 7) is 0.341. The predicted molar refractivity (Wildman–Crippen MR) is 118 cm³/mol. The Bertz CT molecular complexity index is 1060. The summed E-state index contributed by atoms with van der Waals surface area (Å²) in [7, 11) is 4.68. The van der Waals surface area contributed by atoms with Gasteiger partial charge in [-0.15, -0.1) is 0 Å². The fraction of sp³-hybridized carbons (Fsp3) is 0.160. The number of phenols is 1. The van der Waals surface area contributed by atoms with E-state index in [1.807, 2.05) is 36.4 Å². The molecule has 0 aromatic heterocycles. The van der Waals surface area contributed by atoms with Crippen molar-refractivity contribution in [2.75, 3.05) is 21.3 Å². The fourth-order valence-corrected chi connectivity index (χ4v) is 3.04. The molecule has 1 N–H and O–H groups in total. The molecular weight excluding hydrogens is 396 g/mol. The zero-order chi connectivity index (χ0) is 22.2. The lowest BCUT2D eigenvalue weighted by molar-refractivity contribution is 0.104. The van der Waals surface area contributed by atoms with Gasteiger partial charge >= 0.3 is 0 Å². The first-order valence-corrected chi connectivity index (χ1v) is 9.58. The van der Waals surface area contributed by atoms with E-state index in [1.54, 1.807) is 37.5 Å². The molecule has 6 nitrogen and oxygen atoms in total. The third-order valence-electron chi connectivity index (χ3n) is 4.66. The van der Waals surface area contributed by atoms with Crippen molar-refractivity contribution in [2.24, 2.45) is 0 Å². The molecule has 31 heavy (non-hydrogen) atoms. The molecule has 5 rings (SSSR count). The Balaban J connectivity index is 0.000000185. The average molecular weight is 420 g/mol. The van der Waals surface area contributed by atoms with Crippen LogP contribution in [0.25, 0.3) is 6.08 Å². The molecule has 3 aromatic carbocycles. The standard InChI is InChI=1S/C16H14O2.C9H10O4/c1-18-15-10-8-14(9-11-15)16(17)12-7-13-5-3-2-4-6-13;1-11-8-5-4-13-7(3-6(5)10)9(8)12-2/h2-12H,1H3;3,10H,4H2,1-2H3/b12-7+;. The second kappa shape index (κ2) is 10.2. The van der Waals surface area contributed by atoms with Crippen LogP contribution >= 0.6 is 0 Å². The number of benzene rings is 3. The molecule has 3 aromatic rings. The van der Waals surface area contributed by atoms with E-state index in [2.05, 4.69) is 0 Å². The number of rotatable bonds is 6. The number of fused-ring (bicyclic) bond motifs is 3. The van der Waals surface area contributed by atoms with E-state index in [1.165, 1.54) is 20.3 Å². The molecule has 2 aliphatic rings. The molecule has 0 radical (unpaired) electrons. The van der Waals surface area contributed by atoms with Gasteiger partial charge in [-0.3, -0.25) is 4.79 Å². The molecule has 2 heterocycles. The molecule has 6 heteroatoms. The van der Waals surface area contributed by atoms with Crippen LogP contribution in [-0.2, 0) is 6.61 Å². The number of ketones is 1. The summed E-state index contributed by atoms with van der Waals surface area (Å²) in [4.78, 5) is 11.9. The largest absolute Gasteiger partial charge is 0.507 e. The van der Waals surface area contributed by atoms with Crippen molar-refractivity contribution in [3.8, 4) is 28.7 Å². The third kappa shape index (κ3) is 5.17. The maximum atomic E-state index is 11.9. The molecule has 0 saturated carbocycles. The summed E-state index contributed by atoms with van der Waals surface area (Å²) in [6, 6.07) is 18.4. The van der Waals surface area contributed by atoms with E-state index < -0.39 is 0 Å². The van der Waals surface area contributed by atoms with E-state index in [-0.39, 0.29) is 11.5 Å². The number of phenolic OH excluding ortho intramolecular Hbond substituents is 1. The minimum absolute atomic E-state index is 0.0125. The van der Waals surface area contributed by atoms with Crippen molar-refractivity contribution < 1.29 is 28.8 Å². The number of aromatic hydroxyl groups is 1. The number of carbonyl (C=O) groups excluding carboxylic acids is 1. The first-order chi connectivity index (χ1) is 15.1. The van der Waals surface area contributed by atoms with Gasteiger partial charge in [0.2, 0.25) is 5.75 Å². The van der Waals surface area contributed by atoms with E-state index in [0.717, 1.165) is 11.3 Å². The molecular formula is C25H24O6. The lowest BCUT2D eigenvalue weighted by Crippen LogP contribution is -2.08. The van der Waals surface area contributed by atoms with Gasteiger partial charge < -0.3 is 24.1 Å². The normalized spacial score (nSPS) is 11.3. The Hall–Kier alpha value is -3.93.